The topological polar surface area (TPSA) is 54.5 Å². The minimum Gasteiger partial charge on any atom is -0.378 e. The number of hydrogen-bond acceptors (Lipinski definition) is 5. The van der Waals surface area contributed by atoms with E-state index in [0.29, 0.717) is 12.5 Å². The van der Waals surface area contributed by atoms with Crippen LogP contribution in [0.5, 0.6) is 0 Å². The summed E-state index contributed by atoms with van der Waals surface area (Å²) < 4.78 is 5.51. The Morgan fingerprint density at radius 2 is 2.19 bits per heavy atom. The van der Waals surface area contributed by atoms with Crippen LogP contribution in [0, 0.1) is 13.8 Å². The summed E-state index contributed by atoms with van der Waals surface area (Å²) in [6.45, 7) is 10.0. The Morgan fingerprint density at radius 3 is 2.71 bits per heavy atom. The number of likely N-dealkylation sites (tertiary alicyclic amines) is 1. The molecule has 2 rings (SSSR count). The van der Waals surface area contributed by atoms with E-state index < -0.39 is 0 Å². The molecular formula is C15H25N3O2S. The third-order valence-corrected chi connectivity index (χ3v) is 4.93. The lowest BCUT2D eigenvalue weighted by Gasteiger charge is -2.19. The zero-order valence-electron chi connectivity index (χ0n) is 13.5. The van der Waals surface area contributed by atoms with Crippen LogP contribution in [0.25, 0.3) is 0 Å². The maximum Gasteiger partial charge on any atom is 0.226 e. The van der Waals surface area contributed by atoms with Crippen molar-refractivity contribution in [2.24, 2.45) is 0 Å². The third kappa shape index (κ3) is 4.02. The number of nitrogens with one attached hydrogen (secondary N) is 1. The van der Waals surface area contributed by atoms with E-state index in [4.69, 9.17) is 4.74 Å². The number of aromatic nitrogens is 1. The fourth-order valence-electron chi connectivity index (χ4n) is 2.75. The molecule has 5 nitrogen and oxygen atoms in total. The number of aryl methyl sites for hydroxylation is 2. The number of carbonyl (C=O) groups is 1. The minimum atomic E-state index is 0.0288. The molecule has 0 bridgehead atoms. The first-order valence-corrected chi connectivity index (χ1v) is 8.21. The highest BCUT2D eigenvalue weighted by Gasteiger charge is 2.34. The molecule has 0 aliphatic carbocycles. The first-order valence-electron chi connectivity index (χ1n) is 7.39. The quantitative estimate of drug-likeness (QED) is 0.896. The fraction of sp³-hybridized carbons (Fsp3) is 0.733. The van der Waals surface area contributed by atoms with Gasteiger partial charge in [-0.3, -0.25) is 9.69 Å². The zero-order chi connectivity index (χ0) is 15.6. The lowest BCUT2D eigenvalue weighted by molar-refractivity contribution is -0.121. The second-order valence-electron chi connectivity index (χ2n) is 5.91. The lowest BCUT2D eigenvalue weighted by atomic mass is 10.2. The highest BCUT2D eigenvalue weighted by atomic mass is 32.1. The highest BCUT2D eigenvalue weighted by Crippen LogP contribution is 2.18. The molecule has 1 aromatic heterocycles. The number of thiazole rings is 1. The lowest BCUT2D eigenvalue weighted by Crippen LogP contribution is -2.44. The predicted octanol–water partition coefficient (Wildman–Crippen LogP) is 1.53. The van der Waals surface area contributed by atoms with Crippen LogP contribution in [-0.2, 0) is 16.0 Å². The molecule has 0 aromatic carbocycles. The van der Waals surface area contributed by atoms with Crippen molar-refractivity contribution in [3.8, 4) is 0 Å². The Balaban J connectivity index is 1.94. The molecule has 6 heteroatoms. The molecule has 0 spiro atoms. The van der Waals surface area contributed by atoms with E-state index in [-0.39, 0.29) is 18.1 Å². The van der Waals surface area contributed by atoms with Crippen molar-refractivity contribution in [3.05, 3.63) is 15.6 Å². The van der Waals surface area contributed by atoms with Gasteiger partial charge in [0.1, 0.15) is 0 Å². The van der Waals surface area contributed by atoms with Gasteiger partial charge in [-0.15, -0.1) is 11.3 Å². The van der Waals surface area contributed by atoms with E-state index >= 15 is 0 Å². The van der Waals surface area contributed by atoms with Crippen LogP contribution in [0.15, 0.2) is 0 Å². The van der Waals surface area contributed by atoms with Crippen molar-refractivity contribution in [3.63, 3.8) is 0 Å². The van der Waals surface area contributed by atoms with Gasteiger partial charge >= 0.3 is 0 Å². The standard InChI is InChI=1S/C15H25N3O2S/c1-9(2)18-7-13(14(8-18)20-5)17-15(19)6-12-10(3)21-11(4)16-12/h9,13-14H,6-8H2,1-5H3,(H,17,19)/t13-,14-/m1/s1. The van der Waals surface area contributed by atoms with E-state index in [0.717, 1.165) is 28.7 Å². The summed E-state index contributed by atoms with van der Waals surface area (Å²) in [6.07, 6.45) is 0.416. The second-order valence-corrected chi connectivity index (χ2v) is 7.32. The molecule has 0 saturated carbocycles. The average molecular weight is 311 g/mol. The SMILES string of the molecule is CO[C@@H]1CN(C(C)C)C[C@H]1NC(=O)Cc1nc(C)sc1C. The maximum atomic E-state index is 12.2. The molecule has 118 valence electrons. The van der Waals surface area contributed by atoms with Gasteiger partial charge in [0, 0.05) is 31.1 Å². The Morgan fingerprint density at radius 1 is 1.48 bits per heavy atom. The van der Waals surface area contributed by atoms with Gasteiger partial charge in [-0.05, 0) is 27.7 Å². The van der Waals surface area contributed by atoms with Crippen molar-refractivity contribution < 1.29 is 9.53 Å². The monoisotopic (exact) mass is 311 g/mol. The maximum absolute atomic E-state index is 12.2. The molecule has 0 radical (unpaired) electrons. The number of rotatable bonds is 5. The molecule has 2 heterocycles. The zero-order valence-corrected chi connectivity index (χ0v) is 14.3. The number of hydrogen-bond donors (Lipinski definition) is 1. The number of carbonyl (C=O) groups excluding carboxylic acids is 1. The molecule has 1 fully saturated rings. The Kier molecular flexibility index (Phi) is 5.35. The number of amides is 1. The molecule has 1 aliphatic rings. The van der Waals surface area contributed by atoms with E-state index in [2.05, 4.69) is 29.0 Å². The Bertz CT molecular complexity index is 501. The van der Waals surface area contributed by atoms with E-state index in [1.807, 2.05) is 13.8 Å². The van der Waals surface area contributed by atoms with Gasteiger partial charge in [0.15, 0.2) is 0 Å². The van der Waals surface area contributed by atoms with Gasteiger partial charge in [0.2, 0.25) is 5.91 Å². The first-order chi connectivity index (χ1) is 9.90. The number of ether oxygens (including phenoxy) is 1. The summed E-state index contributed by atoms with van der Waals surface area (Å²) in [4.78, 5) is 20.1. The molecule has 21 heavy (non-hydrogen) atoms. The number of nitrogens with zero attached hydrogens (tertiary/aromatic N) is 2. The van der Waals surface area contributed by atoms with Gasteiger partial charge in [0.05, 0.1) is 29.3 Å². The van der Waals surface area contributed by atoms with Crippen LogP contribution in [0.4, 0.5) is 0 Å². The van der Waals surface area contributed by atoms with Gasteiger partial charge in [-0.1, -0.05) is 0 Å². The first kappa shape index (κ1) is 16.4. The van der Waals surface area contributed by atoms with Crippen LogP contribution in [0.2, 0.25) is 0 Å². The van der Waals surface area contributed by atoms with Gasteiger partial charge in [0.25, 0.3) is 0 Å². The van der Waals surface area contributed by atoms with Crippen LogP contribution in [0.3, 0.4) is 0 Å². The Labute approximate surface area is 130 Å². The van der Waals surface area contributed by atoms with Gasteiger partial charge < -0.3 is 10.1 Å². The largest absolute Gasteiger partial charge is 0.378 e. The van der Waals surface area contributed by atoms with Crippen molar-refractivity contribution >= 4 is 17.2 Å². The summed E-state index contributed by atoms with van der Waals surface area (Å²) in [7, 11) is 1.71. The molecule has 1 N–H and O–H groups in total. The molecule has 0 unspecified atom stereocenters. The van der Waals surface area contributed by atoms with E-state index in [1.165, 1.54) is 0 Å². The molecule has 2 atom stereocenters. The molecule has 1 aliphatic heterocycles. The van der Waals surface area contributed by atoms with Crippen LogP contribution in [-0.4, -0.2) is 54.2 Å². The van der Waals surface area contributed by atoms with Crippen molar-refractivity contribution in [1.29, 1.82) is 0 Å². The normalized spacial score (nSPS) is 23.0. The van der Waals surface area contributed by atoms with Crippen molar-refractivity contribution in [2.45, 2.75) is 52.3 Å². The van der Waals surface area contributed by atoms with Crippen molar-refractivity contribution in [2.75, 3.05) is 20.2 Å². The van der Waals surface area contributed by atoms with Crippen molar-refractivity contribution in [1.82, 2.24) is 15.2 Å². The van der Waals surface area contributed by atoms with E-state index in [9.17, 15) is 4.79 Å². The molecule has 1 aromatic rings. The molecule has 1 amide bonds. The summed E-state index contributed by atoms with van der Waals surface area (Å²) in [6, 6.07) is 0.526. The number of methoxy groups -OCH3 is 1. The van der Waals surface area contributed by atoms with E-state index in [1.54, 1.807) is 18.4 Å². The molecule has 1 saturated heterocycles. The van der Waals surface area contributed by atoms with Crippen LogP contribution in [0.1, 0.15) is 29.4 Å². The predicted molar refractivity (Wildman–Crippen MR) is 84.7 cm³/mol. The fourth-order valence-corrected chi connectivity index (χ4v) is 3.58. The average Bonchev–Trinajstić information content (AvgIpc) is 2.93. The van der Waals surface area contributed by atoms with Crippen LogP contribution < -0.4 is 5.32 Å². The summed E-state index contributed by atoms with van der Waals surface area (Å²) in [5.74, 6) is 0.0288. The smallest absolute Gasteiger partial charge is 0.226 e. The molecular weight excluding hydrogens is 286 g/mol. The Hall–Kier alpha value is -0.980. The van der Waals surface area contributed by atoms with Gasteiger partial charge in [-0.25, -0.2) is 4.98 Å². The third-order valence-electron chi connectivity index (χ3n) is 4.00. The highest BCUT2D eigenvalue weighted by molar-refractivity contribution is 7.11. The van der Waals surface area contributed by atoms with Crippen LogP contribution >= 0.6 is 11.3 Å². The second kappa shape index (κ2) is 6.85. The summed E-state index contributed by atoms with van der Waals surface area (Å²) in [5, 5.41) is 4.12. The summed E-state index contributed by atoms with van der Waals surface area (Å²) >= 11 is 1.64. The summed E-state index contributed by atoms with van der Waals surface area (Å²) in [5.41, 5.74) is 0.891. The van der Waals surface area contributed by atoms with Gasteiger partial charge in [-0.2, -0.15) is 0 Å². The minimum absolute atomic E-state index is 0.0288.